The SMILES string of the molecule is CSCCC(N)C(=O)NC(CCCCN)C(=O)NC(CS)C(=O)NC(Cc1cnc[nH]1)C(=O)O. The van der Waals surface area contributed by atoms with Crippen molar-refractivity contribution in [2.75, 3.05) is 24.3 Å². The Morgan fingerprint density at radius 3 is 2.29 bits per heavy atom. The Balaban J connectivity index is 2.81. The number of amides is 3. The van der Waals surface area contributed by atoms with Crippen LogP contribution in [0.5, 0.6) is 0 Å². The van der Waals surface area contributed by atoms with E-state index in [0.717, 1.165) is 0 Å². The van der Waals surface area contributed by atoms with Gasteiger partial charge >= 0.3 is 5.97 Å². The number of unbranched alkanes of at least 4 members (excludes halogenated alkanes) is 1. The van der Waals surface area contributed by atoms with Crippen molar-refractivity contribution in [3.05, 3.63) is 18.2 Å². The lowest BCUT2D eigenvalue weighted by Gasteiger charge is -2.24. The number of aromatic amines is 1. The van der Waals surface area contributed by atoms with Gasteiger partial charge in [-0.3, -0.25) is 14.4 Å². The molecule has 0 radical (unpaired) electrons. The molecule has 14 heteroatoms. The fourth-order valence-corrected chi connectivity index (χ4v) is 3.72. The molecule has 0 aliphatic carbocycles. The minimum absolute atomic E-state index is 0.0139. The Labute approximate surface area is 208 Å². The Morgan fingerprint density at radius 2 is 1.74 bits per heavy atom. The Kier molecular flexibility index (Phi) is 14.3. The molecule has 4 unspecified atom stereocenters. The molecule has 0 fully saturated rings. The molecule has 9 N–H and O–H groups in total. The second-order valence-electron chi connectivity index (χ2n) is 7.66. The van der Waals surface area contributed by atoms with E-state index in [1.807, 2.05) is 6.26 Å². The van der Waals surface area contributed by atoms with Gasteiger partial charge in [0, 0.05) is 24.1 Å². The van der Waals surface area contributed by atoms with Gasteiger partial charge in [-0.2, -0.15) is 24.4 Å². The molecule has 0 aromatic carbocycles. The van der Waals surface area contributed by atoms with E-state index in [1.54, 1.807) is 11.8 Å². The summed E-state index contributed by atoms with van der Waals surface area (Å²) in [6, 6.07) is -4.03. The number of H-pyrrole nitrogens is 1. The van der Waals surface area contributed by atoms with Gasteiger partial charge in [0.2, 0.25) is 17.7 Å². The third kappa shape index (κ3) is 10.8. The number of aliphatic carboxylic acids is 1. The summed E-state index contributed by atoms with van der Waals surface area (Å²) < 4.78 is 0. The van der Waals surface area contributed by atoms with Crippen LogP contribution in [0.2, 0.25) is 0 Å². The van der Waals surface area contributed by atoms with Crippen molar-refractivity contribution < 1.29 is 24.3 Å². The number of nitrogens with zero attached hydrogens (tertiary/aromatic N) is 1. The average molecular weight is 518 g/mol. The molecule has 0 bridgehead atoms. The van der Waals surface area contributed by atoms with Gasteiger partial charge in [-0.25, -0.2) is 9.78 Å². The lowest BCUT2D eigenvalue weighted by molar-refractivity contribution is -0.142. The second-order valence-corrected chi connectivity index (χ2v) is 9.01. The summed E-state index contributed by atoms with van der Waals surface area (Å²) in [6.07, 6.45) is 6.75. The molecule has 1 aromatic heterocycles. The highest BCUT2D eigenvalue weighted by Crippen LogP contribution is 2.05. The zero-order chi connectivity index (χ0) is 25.5. The van der Waals surface area contributed by atoms with Gasteiger partial charge in [0.15, 0.2) is 0 Å². The van der Waals surface area contributed by atoms with Crippen molar-refractivity contribution in [2.45, 2.75) is 56.3 Å². The fourth-order valence-electron chi connectivity index (χ4n) is 2.97. The van der Waals surface area contributed by atoms with Crippen LogP contribution in [0.1, 0.15) is 31.4 Å². The summed E-state index contributed by atoms with van der Waals surface area (Å²) in [7, 11) is 0. The molecular formula is C20H35N7O5S2. The number of carboxylic acids is 1. The van der Waals surface area contributed by atoms with Gasteiger partial charge in [-0.15, -0.1) is 0 Å². The highest BCUT2D eigenvalue weighted by Gasteiger charge is 2.29. The van der Waals surface area contributed by atoms with Crippen LogP contribution in [0.25, 0.3) is 0 Å². The van der Waals surface area contributed by atoms with E-state index in [1.165, 1.54) is 12.5 Å². The van der Waals surface area contributed by atoms with Crippen LogP contribution in [-0.2, 0) is 25.6 Å². The molecule has 1 heterocycles. The van der Waals surface area contributed by atoms with Gasteiger partial charge in [0.05, 0.1) is 12.4 Å². The summed E-state index contributed by atoms with van der Waals surface area (Å²) in [4.78, 5) is 56.2. The number of hydrogen-bond donors (Lipinski definition) is 8. The second kappa shape index (κ2) is 16.4. The number of carboxylic acid groups (broad SMARTS) is 1. The number of carbonyl (C=O) groups is 4. The Hall–Kier alpha value is -2.29. The molecule has 0 saturated carbocycles. The maximum atomic E-state index is 12.9. The van der Waals surface area contributed by atoms with Gasteiger partial charge < -0.3 is 37.5 Å². The third-order valence-corrected chi connectivity index (χ3v) is 5.97. The van der Waals surface area contributed by atoms with Crippen LogP contribution < -0.4 is 27.4 Å². The van der Waals surface area contributed by atoms with E-state index in [2.05, 4.69) is 38.5 Å². The molecule has 12 nitrogen and oxygen atoms in total. The highest BCUT2D eigenvalue weighted by molar-refractivity contribution is 7.98. The van der Waals surface area contributed by atoms with E-state index < -0.39 is 47.9 Å². The van der Waals surface area contributed by atoms with E-state index in [9.17, 15) is 24.3 Å². The quantitative estimate of drug-likeness (QED) is 0.0905. The number of imidazole rings is 1. The van der Waals surface area contributed by atoms with Gasteiger partial charge in [0.1, 0.15) is 18.1 Å². The fraction of sp³-hybridized carbons (Fsp3) is 0.650. The predicted octanol–water partition coefficient (Wildman–Crippen LogP) is -1.37. The molecule has 34 heavy (non-hydrogen) atoms. The number of hydrogen-bond acceptors (Lipinski definition) is 9. The standard InChI is InChI=1S/C20H35N7O5S2/c1-34-7-5-13(22)17(28)25-14(4-2-3-6-21)18(29)27-16(10-33)19(30)26-15(20(31)32)8-12-9-23-11-24-12/h9,11,13-16,33H,2-8,10,21-22H2,1H3,(H,23,24)(H,25,28)(H,26,30)(H,27,29)(H,31,32). The molecule has 0 aliphatic rings. The number of nitrogens with one attached hydrogen (secondary N) is 4. The predicted molar refractivity (Wildman–Crippen MR) is 133 cm³/mol. The highest BCUT2D eigenvalue weighted by atomic mass is 32.2. The Morgan fingerprint density at radius 1 is 1.09 bits per heavy atom. The largest absolute Gasteiger partial charge is 0.480 e. The lowest BCUT2D eigenvalue weighted by atomic mass is 10.1. The van der Waals surface area contributed by atoms with Gasteiger partial charge in [0.25, 0.3) is 0 Å². The molecule has 0 aliphatic heterocycles. The van der Waals surface area contributed by atoms with E-state index in [-0.39, 0.29) is 12.2 Å². The molecule has 0 spiro atoms. The molecule has 3 amide bonds. The lowest BCUT2D eigenvalue weighted by Crippen LogP contribution is -2.57. The average Bonchev–Trinajstić information content (AvgIpc) is 3.32. The van der Waals surface area contributed by atoms with Gasteiger partial charge in [-0.1, -0.05) is 0 Å². The van der Waals surface area contributed by atoms with Crippen molar-refractivity contribution in [3.8, 4) is 0 Å². The first kappa shape index (κ1) is 29.7. The van der Waals surface area contributed by atoms with Crippen molar-refractivity contribution >= 4 is 48.1 Å². The van der Waals surface area contributed by atoms with E-state index in [0.29, 0.717) is 43.7 Å². The minimum atomic E-state index is -1.24. The van der Waals surface area contributed by atoms with E-state index >= 15 is 0 Å². The number of rotatable bonds is 17. The molecular weight excluding hydrogens is 482 g/mol. The normalized spacial score (nSPS) is 14.5. The van der Waals surface area contributed by atoms with Crippen LogP contribution in [0, 0.1) is 0 Å². The van der Waals surface area contributed by atoms with Crippen LogP contribution in [-0.4, -0.2) is 87.2 Å². The van der Waals surface area contributed by atoms with E-state index in [4.69, 9.17) is 11.5 Å². The first-order valence-electron chi connectivity index (χ1n) is 10.9. The van der Waals surface area contributed by atoms with Crippen molar-refractivity contribution in [1.29, 1.82) is 0 Å². The van der Waals surface area contributed by atoms with Crippen LogP contribution in [0.4, 0.5) is 0 Å². The maximum Gasteiger partial charge on any atom is 0.326 e. The maximum absolute atomic E-state index is 12.9. The topological polar surface area (TPSA) is 205 Å². The molecule has 1 aromatic rings. The van der Waals surface area contributed by atoms with Crippen LogP contribution in [0.3, 0.4) is 0 Å². The summed E-state index contributed by atoms with van der Waals surface area (Å²) in [5.74, 6) is -2.37. The first-order valence-corrected chi connectivity index (χ1v) is 12.9. The van der Waals surface area contributed by atoms with Crippen molar-refractivity contribution in [2.24, 2.45) is 11.5 Å². The molecule has 192 valence electrons. The minimum Gasteiger partial charge on any atom is -0.480 e. The monoisotopic (exact) mass is 517 g/mol. The van der Waals surface area contributed by atoms with Crippen molar-refractivity contribution in [3.63, 3.8) is 0 Å². The summed E-state index contributed by atoms with van der Waals surface area (Å²) in [5, 5.41) is 17.1. The summed E-state index contributed by atoms with van der Waals surface area (Å²) in [6.45, 7) is 0.435. The third-order valence-electron chi connectivity index (χ3n) is 4.96. The number of thiol groups is 1. The zero-order valence-corrected chi connectivity index (χ0v) is 20.9. The number of aromatic nitrogens is 2. The van der Waals surface area contributed by atoms with Crippen LogP contribution >= 0.6 is 24.4 Å². The van der Waals surface area contributed by atoms with Gasteiger partial charge in [-0.05, 0) is 44.2 Å². The summed E-state index contributed by atoms with van der Waals surface area (Å²) >= 11 is 5.68. The Bertz CT molecular complexity index is 781. The molecule has 4 atom stereocenters. The smallest absolute Gasteiger partial charge is 0.326 e. The van der Waals surface area contributed by atoms with Crippen molar-refractivity contribution in [1.82, 2.24) is 25.9 Å². The number of thioether (sulfide) groups is 1. The molecule has 0 saturated heterocycles. The zero-order valence-electron chi connectivity index (χ0n) is 19.2. The van der Waals surface area contributed by atoms with Crippen LogP contribution in [0.15, 0.2) is 12.5 Å². The summed E-state index contributed by atoms with van der Waals surface area (Å²) in [5.41, 5.74) is 12.0. The number of nitrogens with two attached hydrogens (primary N) is 2. The number of carbonyl (C=O) groups excluding carboxylic acids is 3. The first-order chi connectivity index (χ1) is 16.2. The molecule has 1 rings (SSSR count).